The summed E-state index contributed by atoms with van der Waals surface area (Å²) in [6.07, 6.45) is 0.525. The molecule has 0 saturated heterocycles. The largest absolute Gasteiger partial charge is 0.492 e. The summed E-state index contributed by atoms with van der Waals surface area (Å²) in [6, 6.07) is 11.9. The molecule has 0 radical (unpaired) electrons. The van der Waals surface area contributed by atoms with Crippen LogP contribution in [0.1, 0.15) is 19.3 Å². The molecule has 3 N–H and O–H groups in total. The second-order valence-corrected chi connectivity index (χ2v) is 8.04. The molecule has 1 aromatic heterocycles. The van der Waals surface area contributed by atoms with Crippen molar-refractivity contribution in [2.45, 2.75) is 25.8 Å². The second-order valence-electron chi connectivity index (χ2n) is 6.81. The van der Waals surface area contributed by atoms with Gasteiger partial charge in [-0.3, -0.25) is 29.8 Å². The summed E-state index contributed by atoms with van der Waals surface area (Å²) in [4.78, 5) is 39.5. The number of amides is 2. The van der Waals surface area contributed by atoms with Crippen LogP contribution in [0.15, 0.2) is 47.3 Å². The third-order valence-corrected chi connectivity index (χ3v) is 5.35. The molecule has 0 saturated carbocycles. The Hall–Kier alpha value is -2.88. The van der Waals surface area contributed by atoms with Crippen molar-refractivity contribution in [2.75, 3.05) is 6.61 Å². The van der Waals surface area contributed by atoms with Crippen LogP contribution in [0, 0.1) is 4.77 Å². The fourth-order valence-corrected chi connectivity index (χ4v) is 3.63. The molecule has 0 atom stereocenters. The van der Waals surface area contributed by atoms with Crippen LogP contribution in [-0.2, 0) is 16.1 Å². The first kappa shape index (κ1) is 23.8. The Morgan fingerprint density at radius 1 is 1.06 bits per heavy atom. The summed E-state index contributed by atoms with van der Waals surface area (Å²) in [7, 11) is 0. The second kappa shape index (κ2) is 11.1. The number of carbonyl (C=O) groups is 2. The van der Waals surface area contributed by atoms with Crippen molar-refractivity contribution in [3.8, 4) is 5.75 Å². The van der Waals surface area contributed by atoms with Crippen molar-refractivity contribution in [2.24, 2.45) is 0 Å². The Kier molecular flexibility index (Phi) is 8.26. The number of benzene rings is 2. The zero-order chi connectivity index (χ0) is 23.1. The van der Waals surface area contributed by atoms with Crippen LogP contribution in [0.25, 0.3) is 10.9 Å². The fourth-order valence-electron chi connectivity index (χ4n) is 2.89. The average molecular weight is 495 g/mol. The van der Waals surface area contributed by atoms with Gasteiger partial charge in [0.05, 0.1) is 22.5 Å². The number of para-hydroxylation sites is 1. The van der Waals surface area contributed by atoms with Gasteiger partial charge in [-0.05, 0) is 49.0 Å². The number of H-pyrrole nitrogens is 1. The van der Waals surface area contributed by atoms with Crippen LogP contribution in [0.3, 0.4) is 0 Å². The number of rotatable bonds is 8. The predicted molar refractivity (Wildman–Crippen MR) is 125 cm³/mol. The molecule has 0 spiro atoms. The zero-order valence-corrected chi connectivity index (χ0v) is 19.1. The van der Waals surface area contributed by atoms with E-state index < -0.39 is 5.91 Å². The van der Waals surface area contributed by atoms with Crippen molar-refractivity contribution < 1.29 is 14.3 Å². The standard InChI is InChI=1S/C21H20Cl2N4O4S/c22-13-7-8-17(15(23)12-13)31-11-3-6-18(28)25-26-19(29)9-10-27-20(30)14-4-1-2-5-16(14)24-21(27)32/h1-2,4-5,7-8,12H,3,6,9-11H2,(H,24,32)(H,25,28)(H,26,29). The van der Waals surface area contributed by atoms with Gasteiger partial charge in [0, 0.05) is 24.4 Å². The van der Waals surface area contributed by atoms with Crippen LogP contribution >= 0.6 is 35.4 Å². The van der Waals surface area contributed by atoms with Crippen molar-refractivity contribution in [1.29, 1.82) is 0 Å². The number of nitrogens with zero attached hydrogens (tertiary/aromatic N) is 1. The van der Waals surface area contributed by atoms with E-state index in [9.17, 15) is 14.4 Å². The Balaban J connectivity index is 1.40. The molecular weight excluding hydrogens is 475 g/mol. The highest BCUT2D eigenvalue weighted by atomic mass is 35.5. The highest BCUT2D eigenvalue weighted by molar-refractivity contribution is 7.71. The first-order valence-corrected chi connectivity index (χ1v) is 10.9. The van der Waals surface area contributed by atoms with E-state index in [1.807, 2.05) is 0 Å². The molecule has 2 amide bonds. The van der Waals surface area contributed by atoms with Gasteiger partial charge >= 0.3 is 0 Å². The number of halogens is 2. The minimum Gasteiger partial charge on any atom is -0.492 e. The van der Waals surface area contributed by atoms with E-state index in [4.69, 9.17) is 40.2 Å². The molecule has 168 valence electrons. The Bertz CT molecular complexity index is 1260. The Labute approximate surface area is 198 Å². The number of aromatic nitrogens is 2. The highest BCUT2D eigenvalue weighted by Gasteiger charge is 2.09. The molecular formula is C21H20Cl2N4O4S. The molecule has 2 aromatic carbocycles. The molecule has 0 aliphatic heterocycles. The number of hydrogen-bond acceptors (Lipinski definition) is 5. The topological polar surface area (TPSA) is 105 Å². The van der Waals surface area contributed by atoms with Crippen LogP contribution in [0.5, 0.6) is 5.75 Å². The maximum absolute atomic E-state index is 12.6. The lowest BCUT2D eigenvalue weighted by Gasteiger charge is -2.10. The van der Waals surface area contributed by atoms with Crippen LogP contribution in [0.4, 0.5) is 0 Å². The first-order chi connectivity index (χ1) is 15.3. The van der Waals surface area contributed by atoms with Gasteiger partial charge in [0.2, 0.25) is 11.8 Å². The number of fused-ring (bicyclic) bond motifs is 1. The maximum Gasteiger partial charge on any atom is 0.262 e. The van der Waals surface area contributed by atoms with Gasteiger partial charge in [0.1, 0.15) is 5.75 Å². The van der Waals surface area contributed by atoms with Crippen LogP contribution < -0.4 is 21.1 Å². The molecule has 0 aliphatic carbocycles. The maximum atomic E-state index is 12.6. The number of hydrazine groups is 1. The van der Waals surface area contributed by atoms with Gasteiger partial charge in [-0.1, -0.05) is 35.3 Å². The molecule has 0 aliphatic rings. The van der Waals surface area contributed by atoms with E-state index in [2.05, 4.69) is 15.8 Å². The van der Waals surface area contributed by atoms with Crippen LogP contribution in [-0.4, -0.2) is 28.0 Å². The summed E-state index contributed by atoms with van der Waals surface area (Å²) in [5.41, 5.74) is 5.03. The summed E-state index contributed by atoms with van der Waals surface area (Å²) in [6.45, 7) is 0.349. The smallest absolute Gasteiger partial charge is 0.262 e. The number of ether oxygens (including phenoxy) is 1. The SMILES string of the molecule is O=C(CCCOc1ccc(Cl)cc1Cl)NNC(=O)CCn1c(=S)[nH]c2ccccc2c1=O. The molecule has 0 bridgehead atoms. The molecule has 1 heterocycles. The van der Waals surface area contributed by atoms with Crippen molar-refractivity contribution in [3.05, 3.63) is 67.6 Å². The van der Waals surface area contributed by atoms with Gasteiger partial charge in [0.15, 0.2) is 4.77 Å². The molecule has 0 unspecified atom stereocenters. The van der Waals surface area contributed by atoms with E-state index >= 15 is 0 Å². The number of hydrogen-bond donors (Lipinski definition) is 3. The fraction of sp³-hybridized carbons (Fsp3) is 0.238. The quantitative estimate of drug-likeness (QED) is 0.251. The molecule has 3 rings (SSSR count). The lowest BCUT2D eigenvalue weighted by molar-refractivity contribution is -0.129. The van der Waals surface area contributed by atoms with Gasteiger partial charge in [-0.15, -0.1) is 0 Å². The van der Waals surface area contributed by atoms with Crippen molar-refractivity contribution >= 4 is 58.1 Å². The number of carbonyl (C=O) groups excluding carboxylic acids is 2. The highest BCUT2D eigenvalue weighted by Crippen LogP contribution is 2.27. The predicted octanol–water partition coefficient (Wildman–Crippen LogP) is 3.76. The normalized spacial score (nSPS) is 10.7. The summed E-state index contributed by atoms with van der Waals surface area (Å²) >= 11 is 17.1. The summed E-state index contributed by atoms with van der Waals surface area (Å²) < 4.78 is 7.05. The first-order valence-electron chi connectivity index (χ1n) is 9.72. The Morgan fingerprint density at radius 3 is 2.53 bits per heavy atom. The Morgan fingerprint density at radius 2 is 1.78 bits per heavy atom. The van der Waals surface area contributed by atoms with E-state index in [-0.39, 0.29) is 42.2 Å². The van der Waals surface area contributed by atoms with E-state index in [1.165, 1.54) is 4.57 Å². The van der Waals surface area contributed by atoms with Crippen LogP contribution in [0.2, 0.25) is 10.0 Å². The van der Waals surface area contributed by atoms with Crippen molar-refractivity contribution in [3.63, 3.8) is 0 Å². The van der Waals surface area contributed by atoms with E-state index in [1.54, 1.807) is 42.5 Å². The van der Waals surface area contributed by atoms with Crippen molar-refractivity contribution in [1.82, 2.24) is 20.4 Å². The minimum absolute atomic E-state index is 0.0335. The van der Waals surface area contributed by atoms with Gasteiger partial charge in [0.25, 0.3) is 5.56 Å². The molecule has 8 nitrogen and oxygen atoms in total. The van der Waals surface area contributed by atoms with Gasteiger partial charge < -0.3 is 9.72 Å². The zero-order valence-electron chi connectivity index (χ0n) is 16.8. The third kappa shape index (κ3) is 6.32. The lowest BCUT2D eigenvalue weighted by Crippen LogP contribution is -2.42. The molecule has 0 fully saturated rings. The number of aromatic amines is 1. The summed E-state index contributed by atoms with van der Waals surface area (Å²) in [5, 5.41) is 1.38. The average Bonchev–Trinajstić information content (AvgIpc) is 2.76. The monoisotopic (exact) mass is 494 g/mol. The number of nitrogens with one attached hydrogen (secondary N) is 3. The van der Waals surface area contributed by atoms with Gasteiger partial charge in [-0.2, -0.15) is 0 Å². The molecule has 32 heavy (non-hydrogen) atoms. The third-order valence-electron chi connectivity index (χ3n) is 4.49. The molecule has 3 aromatic rings. The lowest BCUT2D eigenvalue weighted by atomic mass is 10.2. The van der Waals surface area contributed by atoms with E-state index in [0.29, 0.717) is 33.1 Å². The minimum atomic E-state index is -0.447. The van der Waals surface area contributed by atoms with E-state index in [0.717, 1.165) is 0 Å². The summed E-state index contributed by atoms with van der Waals surface area (Å²) in [5.74, 6) is -0.339. The van der Waals surface area contributed by atoms with Gasteiger partial charge in [-0.25, -0.2) is 0 Å². The molecule has 11 heteroatoms.